The number of anilines is 2. The second-order valence-corrected chi connectivity index (χ2v) is 10.0. The Kier molecular flexibility index (Phi) is 3.39. The Morgan fingerprint density at radius 2 is 2.08 bits per heavy atom. The lowest BCUT2D eigenvalue weighted by atomic mass is 9.92. The zero-order valence-electron chi connectivity index (χ0n) is 14.1. The van der Waals surface area contributed by atoms with E-state index in [1.165, 1.54) is 23.7 Å². The van der Waals surface area contributed by atoms with Gasteiger partial charge in [-0.15, -0.1) is 11.3 Å². The van der Waals surface area contributed by atoms with Gasteiger partial charge in [0.05, 0.1) is 17.1 Å². The number of nitrogens with two attached hydrogens (primary N) is 1. The van der Waals surface area contributed by atoms with E-state index >= 15 is 0 Å². The van der Waals surface area contributed by atoms with Gasteiger partial charge in [-0.1, -0.05) is 0 Å². The van der Waals surface area contributed by atoms with Crippen LogP contribution in [0.2, 0.25) is 0 Å². The molecule has 25 heavy (non-hydrogen) atoms. The Labute approximate surface area is 149 Å². The molecule has 0 aliphatic carbocycles. The van der Waals surface area contributed by atoms with Gasteiger partial charge in [-0.05, 0) is 32.0 Å². The smallest absolute Gasteiger partial charge is 0.299 e. The van der Waals surface area contributed by atoms with Crippen molar-refractivity contribution in [1.82, 2.24) is 9.97 Å². The second-order valence-electron chi connectivity index (χ2n) is 6.90. The summed E-state index contributed by atoms with van der Waals surface area (Å²) >= 11 is 1.48. The normalized spacial score (nSPS) is 17.0. The minimum atomic E-state index is -3.29. The number of nitrogens with zero attached hydrogens (tertiary/aromatic N) is 3. The summed E-state index contributed by atoms with van der Waals surface area (Å²) in [5.41, 5.74) is 7.72. The fourth-order valence-electron chi connectivity index (χ4n) is 3.10. The van der Waals surface area contributed by atoms with Crippen LogP contribution in [0.1, 0.15) is 24.4 Å². The highest BCUT2D eigenvalue weighted by atomic mass is 32.2. The van der Waals surface area contributed by atoms with Crippen LogP contribution in [0, 0.1) is 0 Å². The third-order valence-corrected chi connectivity index (χ3v) is 6.46. The number of hydrogen-bond acceptors (Lipinski definition) is 8. The second kappa shape index (κ2) is 5.18. The number of fused-ring (bicyclic) bond motifs is 2. The van der Waals surface area contributed by atoms with Crippen molar-refractivity contribution in [3.63, 3.8) is 0 Å². The first-order chi connectivity index (χ1) is 11.6. The van der Waals surface area contributed by atoms with Gasteiger partial charge in [0.25, 0.3) is 6.01 Å². The molecule has 1 aliphatic heterocycles. The molecule has 1 aliphatic rings. The van der Waals surface area contributed by atoms with Crippen LogP contribution in [0.3, 0.4) is 0 Å². The van der Waals surface area contributed by atoms with Crippen LogP contribution in [0.15, 0.2) is 27.5 Å². The SMILES string of the molecule is CC1(C)Cc2nc(N)sc2CN1c1nc2cc(S(C)(=O)=O)ccc2o1. The molecule has 0 saturated heterocycles. The van der Waals surface area contributed by atoms with Gasteiger partial charge < -0.3 is 15.1 Å². The van der Waals surface area contributed by atoms with E-state index in [0.29, 0.717) is 28.8 Å². The van der Waals surface area contributed by atoms with Crippen LogP contribution in [0.5, 0.6) is 0 Å². The van der Waals surface area contributed by atoms with E-state index in [0.717, 1.165) is 17.0 Å². The van der Waals surface area contributed by atoms with Gasteiger partial charge in [0.2, 0.25) is 0 Å². The topological polar surface area (TPSA) is 102 Å². The third kappa shape index (κ3) is 2.77. The summed E-state index contributed by atoms with van der Waals surface area (Å²) in [5, 5.41) is 0.568. The molecule has 0 amide bonds. The molecule has 0 spiro atoms. The summed E-state index contributed by atoms with van der Waals surface area (Å²) in [6.45, 7) is 4.81. The van der Waals surface area contributed by atoms with Gasteiger partial charge in [0.15, 0.2) is 20.6 Å². The Bertz CT molecular complexity index is 1080. The maximum absolute atomic E-state index is 11.7. The Hall–Kier alpha value is -2.13. The molecule has 3 heterocycles. The van der Waals surface area contributed by atoms with Gasteiger partial charge in [-0.25, -0.2) is 13.4 Å². The number of oxazole rings is 1. The number of sulfone groups is 1. The highest BCUT2D eigenvalue weighted by Gasteiger charge is 2.37. The molecular formula is C16H18N4O3S2. The van der Waals surface area contributed by atoms with Crippen molar-refractivity contribution in [3.8, 4) is 0 Å². The zero-order valence-corrected chi connectivity index (χ0v) is 15.7. The molecule has 3 aromatic rings. The minimum Gasteiger partial charge on any atom is -0.423 e. The molecule has 2 N–H and O–H groups in total. The molecule has 4 rings (SSSR count). The Morgan fingerprint density at radius 1 is 1.32 bits per heavy atom. The van der Waals surface area contributed by atoms with Crippen LogP contribution < -0.4 is 10.6 Å². The summed E-state index contributed by atoms with van der Waals surface area (Å²) in [5.74, 6) is 0. The van der Waals surface area contributed by atoms with E-state index in [1.54, 1.807) is 12.1 Å². The summed E-state index contributed by atoms with van der Waals surface area (Å²) < 4.78 is 29.4. The fraction of sp³-hybridized carbons (Fsp3) is 0.375. The lowest BCUT2D eigenvalue weighted by molar-refractivity contribution is 0.394. The van der Waals surface area contributed by atoms with Gasteiger partial charge in [0.1, 0.15) is 5.52 Å². The standard InChI is InChI=1S/C16H18N4O3S2/c1-16(2)7-11-13(24-14(17)18-11)8-20(16)15-19-10-6-9(25(3,21)22)4-5-12(10)23-15/h4-6H,7-8H2,1-3H3,(H2,17,18). The summed E-state index contributed by atoms with van der Waals surface area (Å²) in [6.07, 6.45) is 1.92. The highest BCUT2D eigenvalue weighted by Crippen LogP contribution is 2.38. The van der Waals surface area contributed by atoms with E-state index in [1.807, 2.05) is 0 Å². The maximum atomic E-state index is 11.7. The number of benzene rings is 1. The van der Waals surface area contributed by atoms with E-state index < -0.39 is 9.84 Å². The molecule has 0 saturated carbocycles. The molecule has 9 heteroatoms. The number of rotatable bonds is 2. The third-order valence-electron chi connectivity index (χ3n) is 4.43. The summed E-state index contributed by atoms with van der Waals surface area (Å²) in [7, 11) is -3.29. The quantitative estimate of drug-likeness (QED) is 0.731. The minimum absolute atomic E-state index is 0.232. The first-order valence-corrected chi connectivity index (χ1v) is 10.5. The van der Waals surface area contributed by atoms with Crippen molar-refractivity contribution in [1.29, 1.82) is 0 Å². The Morgan fingerprint density at radius 3 is 2.80 bits per heavy atom. The molecule has 0 fully saturated rings. The molecular weight excluding hydrogens is 360 g/mol. The van der Waals surface area contributed by atoms with Crippen molar-refractivity contribution >= 4 is 43.4 Å². The molecule has 0 atom stereocenters. The first-order valence-electron chi connectivity index (χ1n) is 7.76. The van der Waals surface area contributed by atoms with Crippen molar-refractivity contribution in [3.05, 3.63) is 28.8 Å². The first kappa shape index (κ1) is 16.3. The van der Waals surface area contributed by atoms with Gasteiger partial charge in [-0.2, -0.15) is 4.98 Å². The zero-order chi connectivity index (χ0) is 18.0. The van der Waals surface area contributed by atoms with Crippen molar-refractivity contribution < 1.29 is 12.8 Å². The maximum Gasteiger partial charge on any atom is 0.299 e. The van der Waals surface area contributed by atoms with Crippen LogP contribution in [-0.2, 0) is 22.8 Å². The number of nitrogen functional groups attached to an aromatic ring is 1. The number of aromatic nitrogens is 2. The van der Waals surface area contributed by atoms with E-state index in [9.17, 15) is 8.42 Å². The number of hydrogen-bond donors (Lipinski definition) is 1. The summed E-state index contributed by atoms with van der Waals surface area (Å²) in [4.78, 5) is 12.4. The van der Waals surface area contributed by atoms with Crippen molar-refractivity contribution in [2.24, 2.45) is 0 Å². The highest BCUT2D eigenvalue weighted by molar-refractivity contribution is 7.90. The fourth-order valence-corrected chi connectivity index (χ4v) is 4.57. The van der Waals surface area contributed by atoms with Gasteiger partial charge in [0, 0.05) is 23.1 Å². The monoisotopic (exact) mass is 378 g/mol. The average Bonchev–Trinajstić information content (AvgIpc) is 3.05. The lowest BCUT2D eigenvalue weighted by Crippen LogP contribution is -2.48. The molecule has 2 aromatic heterocycles. The van der Waals surface area contributed by atoms with Crippen LogP contribution in [-0.4, -0.2) is 30.2 Å². The van der Waals surface area contributed by atoms with E-state index in [2.05, 4.69) is 28.7 Å². The lowest BCUT2D eigenvalue weighted by Gasteiger charge is -2.40. The van der Waals surface area contributed by atoms with Crippen molar-refractivity contribution in [2.45, 2.75) is 37.2 Å². The predicted octanol–water partition coefficient (Wildman–Crippen LogP) is 2.61. The van der Waals surface area contributed by atoms with Gasteiger partial charge >= 0.3 is 0 Å². The molecule has 1 aromatic carbocycles. The Balaban J connectivity index is 1.78. The molecule has 0 radical (unpaired) electrons. The van der Waals surface area contributed by atoms with E-state index in [-0.39, 0.29) is 10.4 Å². The van der Waals surface area contributed by atoms with E-state index in [4.69, 9.17) is 10.2 Å². The molecule has 0 unspecified atom stereocenters. The van der Waals surface area contributed by atoms with Crippen molar-refractivity contribution in [2.75, 3.05) is 16.9 Å². The number of thiazole rings is 1. The summed E-state index contributed by atoms with van der Waals surface area (Å²) in [6, 6.07) is 5.21. The van der Waals surface area contributed by atoms with Crippen LogP contribution >= 0.6 is 11.3 Å². The van der Waals surface area contributed by atoms with Crippen LogP contribution in [0.25, 0.3) is 11.1 Å². The van der Waals surface area contributed by atoms with Crippen LogP contribution in [0.4, 0.5) is 11.1 Å². The molecule has 0 bridgehead atoms. The van der Waals surface area contributed by atoms with Gasteiger partial charge in [-0.3, -0.25) is 0 Å². The molecule has 7 nitrogen and oxygen atoms in total. The average molecular weight is 378 g/mol. The molecule has 132 valence electrons. The largest absolute Gasteiger partial charge is 0.423 e. The predicted molar refractivity (Wildman–Crippen MR) is 97.6 cm³/mol.